The van der Waals surface area contributed by atoms with E-state index in [0.717, 1.165) is 16.5 Å². The molecule has 1 N–H and O–H groups in total. The number of methoxy groups -OCH3 is 1. The molecule has 0 aliphatic rings. The number of ether oxygens (including phenoxy) is 1. The first-order valence-corrected chi connectivity index (χ1v) is 9.51. The summed E-state index contributed by atoms with van der Waals surface area (Å²) in [6.07, 6.45) is 0. The van der Waals surface area contributed by atoms with Crippen LogP contribution in [0.3, 0.4) is 0 Å². The minimum absolute atomic E-state index is 0.0269. The molecule has 3 rings (SSSR count). The summed E-state index contributed by atoms with van der Waals surface area (Å²) in [6.45, 7) is 0. The predicted molar refractivity (Wildman–Crippen MR) is 105 cm³/mol. The molecular weight excluding hydrogens is 366 g/mol. The molecule has 0 saturated heterocycles. The lowest BCUT2D eigenvalue weighted by Crippen LogP contribution is -2.08. The lowest BCUT2D eigenvalue weighted by atomic mass is 10.1. The fourth-order valence-electron chi connectivity index (χ4n) is 2.76. The number of hydrogen-bond acceptors (Lipinski definition) is 6. The van der Waals surface area contributed by atoms with E-state index in [9.17, 15) is 13.0 Å². The van der Waals surface area contributed by atoms with Gasteiger partial charge in [-0.2, -0.15) is 8.42 Å². The zero-order valence-corrected chi connectivity index (χ0v) is 15.9. The SMILES string of the molecule is COc1ccc(N=Nc2ccc(N(C)C)c3ccccc23)c(S(=O)(=O)O)c1. The van der Waals surface area contributed by atoms with Crippen LogP contribution in [0.25, 0.3) is 10.8 Å². The number of anilines is 1. The van der Waals surface area contributed by atoms with E-state index < -0.39 is 10.1 Å². The minimum Gasteiger partial charge on any atom is -0.497 e. The van der Waals surface area contributed by atoms with Gasteiger partial charge in [-0.05, 0) is 24.3 Å². The van der Waals surface area contributed by atoms with Gasteiger partial charge in [0.05, 0.1) is 12.8 Å². The highest BCUT2D eigenvalue weighted by Crippen LogP contribution is 2.35. The fourth-order valence-corrected chi connectivity index (χ4v) is 3.40. The first-order chi connectivity index (χ1) is 12.8. The summed E-state index contributed by atoms with van der Waals surface area (Å²) in [6, 6.07) is 15.7. The van der Waals surface area contributed by atoms with Gasteiger partial charge in [0.2, 0.25) is 0 Å². The zero-order chi connectivity index (χ0) is 19.6. The van der Waals surface area contributed by atoms with Gasteiger partial charge in [-0.15, -0.1) is 10.2 Å². The number of rotatable bonds is 5. The van der Waals surface area contributed by atoms with E-state index in [2.05, 4.69) is 10.2 Å². The van der Waals surface area contributed by atoms with Gasteiger partial charge in [0.25, 0.3) is 10.1 Å². The smallest absolute Gasteiger partial charge is 0.296 e. The Hall–Kier alpha value is -2.97. The topological polar surface area (TPSA) is 91.6 Å². The number of azo groups is 1. The van der Waals surface area contributed by atoms with Gasteiger partial charge in [0.15, 0.2) is 0 Å². The molecular formula is C19H19N3O4S. The van der Waals surface area contributed by atoms with Crippen LogP contribution in [0.4, 0.5) is 17.1 Å². The van der Waals surface area contributed by atoms with Gasteiger partial charge < -0.3 is 9.64 Å². The second-order valence-corrected chi connectivity index (χ2v) is 7.44. The fraction of sp³-hybridized carbons (Fsp3) is 0.158. The largest absolute Gasteiger partial charge is 0.497 e. The van der Waals surface area contributed by atoms with Gasteiger partial charge in [-0.3, -0.25) is 4.55 Å². The Labute approximate surface area is 157 Å². The molecule has 0 spiro atoms. The van der Waals surface area contributed by atoms with Crippen molar-refractivity contribution in [3.63, 3.8) is 0 Å². The van der Waals surface area contributed by atoms with Crippen LogP contribution in [0.5, 0.6) is 5.75 Å². The Balaban J connectivity index is 2.12. The van der Waals surface area contributed by atoms with Crippen molar-refractivity contribution in [1.29, 1.82) is 0 Å². The Morgan fingerprint density at radius 3 is 2.19 bits per heavy atom. The third-order valence-corrected chi connectivity index (χ3v) is 4.95. The summed E-state index contributed by atoms with van der Waals surface area (Å²) >= 11 is 0. The van der Waals surface area contributed by atoms with Crippen LogP contribution in [0.1, 0.15) is 0 Å². The molecule has 0 radical (unpaired) electrons. The Kier molecular flexibility index (Phi) is 5.11. The van der Waals surface area contributed by atoms with Gasteiger partial charge in [0, 0.05) is 36.6 Å². The van der Waals surface area contributed by atoms with E-state index in [1.807, 2.05) is 55.4 Å². The summed E-state index contributed by atoms with van der Waals surface area (Å²) in [5.41, 5.74) is 1.65. The van der Waals surface area contributed by atoms with Crippen molar-refractivity contribution in [3.8, 4) is 5.75 Å². The molecule has 0 saturated carbocycles. The molecule has 140 valence electrons. The summed E-state index contributed by atoms with van der Waals surface area (Å²) in [4.78, 5) is 1.64. The highest BCUT2D eigenvalue weighted by Gasteiger charge is 2.17. The van der Waals surface area contributed by atoms with Crippen LogP contribution < -0.4 is 9.64 Å². The molecule has 0 aliphatic heterocycles. The normalized spacial score (nSPS) is 11.9. The summed E-state index contributed by atoms with van der Waals surface area (Å²) in [5, 5.41) is 10.2. The molecule has 0 fully saturated rings. The van der Waals surface area contributed by atoms with Crippen LogP contribution in [0.15, 0.2) is 69.7 Å². The van der Waals surface area contributed by atoms with Crippen molar-refractivity contribution in [3.05, 3.63) is 54.6 Å². The van der Waals surface area contributed by atoms with E-state index in [1.54, 1.807) is 6.07 Å². The van der Waals surface area contributed by atoms with Crippen LogP contribution >= 0.6 is 0 Å². The molecule has 8 heteroatoms. The summed E-state index contributed by atoms with van der Waals surface area (Å²) < 4.78 is 37.8. The first kappa shape index (κ1) is 18.8. The maximum atomic E-state index is 11.7. The van der Waals surface area contributed by atoms with Gasteiger partial charge >= 0.3 is 0 Å². The molecule has 0 aromatic heterocycles. The first-order valence-electron chi connectivity index (χ1n) is 8.07. The number of hydrogen-bond donors (Lipinski definition) is 1. The highest BCUT2D eigenvalue weighted by molar-refractivity contribution is 7.86. The predicted octanol–water partition coefficient (Wildman–Crippen LogP) is 4.58. The highest BCUT2D eigenvalue weighted by atomic mass is 32.2. The number of fused-ring (bicyclic) bond motifs is 1. The maximum Gasteiger partial charge on any atom is 0.296 e. The Morgan fingerprint density at radius 1 is 0.926 bits per heavy atom. The van der Waals surface area contributed by atoms with Gasteiger partial charge in [-0.1, -0.05) is 24.3 Å². The lowest BCUT2D eigenvalue weighted by molar-refractivity contribution is 0.412. The zero-order valence-electron chi connectivity index (χ0n) is 15.1. The van der Waals surface area contributed by atoms with Gasteiger partial charge in [0.1, 0.15) is 16.3 Å². The Bertz CT molecular complexity index is 1130. The van der Waals surface area contributed by atoms with Crippen LogP contribution in [0, 0.1) is 0 Å². The standard InChI is InChI=1S/C19H19N3O4S/c1-22(2)18-11-10-16(14-6-4-5-7-15(14)18)20-21-17-9-8-13(26-3)12-19(17)27(23,24)25/h4-12H,1-3H3,(H,23,24,25). The molecule has 0 bridgehead atoms. The Morgan fingerprint density at radius 2 is 1.56 bits per heavy atom. The maximum absolute atomic E-state index is 11.7. The third-order valence-electron chi connectivity index (χ3n) is 4.07. The van der Waals surface area contributed by atoms with Gasteiger partial charge in [-0.25, -0.2) is 0 Å². The summed E-state index contributed by atoms with van der Waals surface area (Å²) in [5.74, 6) is 0.294. The molecule has 3 aromatic carbocycles. The van der Waals surface area contributed by atoms with E-state index in [0.29, 0.717) is 11.4 Å². The summed E-state index contributed by atoms with van der Waals surface area (Å²) in [7, 11) is 0.848. The third kappa shape index (κ3) is 3.91. The monoisotopic (exact) mass is 385 g/mol. The van der Waals surface area contributed by atoms with Crippen molar-refractivity contribution >= 4 is 38.0 Å². The lowest BCUT2D eigenvalue weighted by Gasteiger charge is -2.16. The molecule has 0 atom stereocenters. The molecule has 0 heterocycles. The molecule has 7 nitrogen and oxygen atoms in total. The molecule has 3 aromatic rings. The molecule has 27 heavy (non-hydrogen) atoms. The van der Waals surface area contributed by atoms with Crippen molar-refractivity contribution in [1.82, 2.24) is 0 Å². The van der Waals surface area contributed by atoms with Crippen molar-refractivity contribution in [2.75, 3.05) is 26.1 Å². The van der Waals surface area contributed by atoms with E-state index in [1.165, 1.54) is 19.2 Å². The molecule has 0 amide bonds. The number of nitrogens with zero attached hydrogens (tertiary/aromatic N) is 3. The van der Waals surface area contributed by atoms with E-state index in [4.69, 9.17) is 4.74 Å². The molecule has 0 aliphatic carbocycles. The second kappa shape index (κ2) is 7.34. The molecule has 0 unspecified atom stereocenters. The average Bonchev–Trinajstić information content (AvgIpc) is 2.65. The quantitative estimate of drug-likeness (QED) is 0.513. The van der Waals surface area contributed by atoms with Crippen molar-refractivity contribution in [2.45, 2.75) is 4.90 Å². The number of benzene rings is 3. The second-order valence-electron chi connectivity index (χ2n) is 6.05. The van der Waals surface area contributed by atoms with Crippen LogP contribution in [-0.4, -0.2) is 34.2 Å². The van der Waals surface area contributed by atoms with Crippen molar-refractivity contribution < 1.29 is 17.7 Å². The van der Waals surface area contributed by atoms with Crippen LogP contribution in [-0.2, 0) is 10.1 Å². The minimum atomic E-state index is -4.47. The van der Waals surface area contributed by atoms with E-state index in [-0.39, 0.29) is 10.6 Å². The van der Waals surface area contributed by atoms with Crippen LogP contribution in [0.2, 0.25) is 0 Å². The average molecular weight is 385 g/mol. The van der Waals surface area contributed by atoms with E-state index >= 15 is 0 Å². The van der Waals surface area contributed by atoms with Crippen molar-refractivity contribution in [2.24, 2.45) is 10.2 Å².